The number of alkyl halides is 1. The third-order valence-electron chi connectivity index (χ3n) is 2.84. The van der Waals surface area contributed by atoms with Gasteiger partial charge in [0.25, 0.3) is 5.56 Å². The fourth-order valence-corrected chi connectivity index (χ4v) is 1.97. The zero-order chi connectivity index (χ0) is 13.3. The fourth-order valence-electron chi connectivity index (χ4n) is 1.97. The molecule has 0 amide bonds. The van der Waals surface area contributed by atoms with Gasteiger partial charge in [0.15, 0.2) is 12.4 Å². The van der Waals surface area contributed by atoms with Crippen molar-refractivity contribution in [2.45, 2.75) is 24.6 Å². The molecule has 1 aromatic rings. The molecule has 0 aromatic carbocycles. The topological polar surface area (TPSA) is 93.5 Å². The van der Waals surface area contributed by atoms with Crippen LogP contribution in [0.25, 0.3) is 0 Å². The van der Waals surface area contributed by atoms with Gasteiger partial charge in [0, 0.05) is 19.4 Å². The van der Waals surface area contributed by atoms with Crippen molar-refractivity contribution < 1.29 is 19.0 Å². The van der Waals surface area contributed by atoms with Crippen LogP contribution in [0.2, 0.25) is 0 Å². The lowest BCUT2D eigenvalue weighted by molar-refractivity contribution is -0.0544. The molecule has 1 aliphatic rings. The Morgan fingerprint density at radius 1 is 1.61 bits per heavy atom. The van der Waals surface area contributed by atoms with Crippen LogP contribution in [0.1, 0.15) is 6.23 Å². The van der Waals surface area contributed by atoms with E-state index in [9.17, 15) is 14.0 Å². The third kappa shape index (κ3) is 2.09. The van der Waals surface area contributed by atoms with E-state index in [1.165, 1.54) is 7.11 Å². The number of rotatable bonds is 3. The highest BCUT2D eigenvalue weighted by molar-refractivity contribution is 4.93. The van der Waals surface area contributed by atoms with Gasteiger partial charge in [-0.05, 0) is 0 Å². The minimum atomic E-state index is -1.62. The van der Waals surface area contributed by atoms with Crippen molar-refractivity contribution in [3.63, 3.8) is 0 Å². The van der Waals surface area contributed by atoms with Crippen LogP contribution >= 0.6 is 0 Å². The lowest BCUT2D eigenvalue weighted by Gasteiger charge is -2.15. The molecule has 0 bridgehead atoms. The first-order valence-corrected chi connectivity index (χ1v) is 5.33. The molecule has 1 saturated heterocycles. The number of methoxy groups -OCH3 is 1. The van der Waals surface area contributed by atoms with Crippen molar-refractivity contribution in [3.8, 4) is 0 Å². The Morgan fingerprint density at radius 3 is 2.83 bits per heavy atom. The van der Waals surface area contributed by atoms with Crippen molar-refractivity contribution in [2.75, 3.05) is 13.7 Å². The van der Waals surface area contributed by atoms with E-state index < -0.39 is 42.5 Å². The predicted molar refractivity (Wildman–Crippen MR) is 58.0 cm³/mol. The van der Waals surface area contributed by atoms with Crippen LogP contribution in [0.4, 0.5) is 4.39 Å². The number of halogens is 1. The van der Waals surface area contributed by atoms with Gasteiger partial charge >= 0.3 is 5.69 Å². The molecule has 8 heteroatoms. The molecule has 0 aliphatic carbocycles. The Bertz CT molecular complexity index is 527. The Balaban J connectivity index is 2.34. The van der Waals surface area contributed by atoms with Crippen LogP contribution < -0.4 is 11.2 Å². The van der Waals surface area contributed by atoms with E-state index in [0.717, 1.165) is 16.8 Å². The number of aliphatic hydroxyl groups excluding tert-OH is 1. The molecule has 2 rings (SSSR count). The number of aromatic amines is 1. The van der Waals surface area contributed by atoms with Crippen LogP contribution in [0.5, 0.6) is 0 Å². The second-order valence-corrected chi connectivity index (χ2v) is 3.91. The van der Waals surface area contributed by atoms with Crippen molar-refractivity contribution in [2.24, 2.45) is 0 Å². The minimum absolute atomic E-state index is 0.423. The number of hydrogen-bond donors (Lipinski definition) is 2. The van der Waals surface area contributed by atoms with E-state index in [0.29, 0.717) is 0 Å². The van der Waals surface area contributed by atoms with Gasteiger partial charge in [0.05, 0.1) is 6.61 Å². The van der Waals surface area contributed by atoms with E-state index in [2.05, 4.69) is 0 Å². The monoisotopic (exact) mass is 260 g/mol. The number of ether oxygens (including phenoxy) is 2. The molecule has 18 heavy (non-hydrogen) atoms. The second kappa shape index (κ2) is 5.01. The van der Waals surface area contributed by atoms with Crippen LogP contribution in [-0.2, 0) is 9.47 Å². The Kier molecular flexibility index (Phi) is 3.60. The number of aromatic nitrogens is 2. The molecular formula is C10H13FN2O5. The molecule has 4 atom stereocenters. The zero-order valence-electron chi connectivity index (χ0n) is 9.58. The number of hydrogen-bond acceptors (Lipinski definition) is 5. The smallest absolute Gasteiger partial charge is 0.330 e. The van der Waals surface area contributed by atoms with Gasteiger partial charge in [-0.15, -0.1) is 0 Å². The van der Waals surface area contributed by atoms with Gasteiger partial charge in [0.2, 0.25) is 0 Å². The van der Waals surface area contributed by atoms with Gasteiger partial charge in [0.1, 0.15) is 12.2 Å². The molecule has 4 unspecified atom stereocenters. The standard InChI is InChI=1S/C10H13FN2O5/c1-17-8-5(4-14)18-9(7(8)11)13-3-2-6(15)12-10(13)16/h2-3,5,7-9,14H,4H2,1H3,(H,12,15,16). The Labute approximate surface area is 101 Å². The summed E-state index contributed by atoms with van der Waals surface area (Å²) in [5, 5.41) is 9.05. The summed E-state index contributed by atoms with van der Waals surface area (Å²) in [7, 11) is 1.29. The Hall–Kier alpha value is -1.51. The highest BCUT2D eigenvalue weighted by atomic mass is 19.1. The maximum atomic E-state index is 14.0. The molecule has 100 valence electrons. The summed E-state index contributed by atoms with van der Waals surface area (Å²) in [6.07, 6.45) is -3.51. The summed E-state index contributed by atoms with van der Waals surface area (Å²) < 4.78 is 25.1. The molecule has 2 heterocycles. The number of nitrogens with one attached hydrogen (secondary N) is 1. The van der Waals surface area contributed by atoms with Gasteiger partial charge in [-0.25, -0.2) is 9.18 Å². The fraction of sp³-hybridized carbons (Fsp3) is 0.600. The van der Waals surface area contributed by atoms with Crippen molar-refractivity contribution in [3.05, 3.63) is 33.1 Å². The lowest BCUT2D eigenvalue weighted by Crippen LogP contribution is -2.36. The van der Waals surface area contributed by atoms with Gasteiger partial charge in [-0.1, -0.05) is 0 Å². The van der Waals surface area contributed by atoms with Crippen molar-refractivity contribution in [1.29, 1.82) is 0 Å². The highest BCUT2D eigenvalue weighted by Gasteiger charge is 2.46. The van der Waals surface area contributed by atoms with Gasteiger partial charge in [-0.2, -0.15) is 0 Å². The van der Waals surface area contributed by atoms with Crippen molar-refractivity contribution in [1.82, 2.24) is 9.55 Å². The maximum absolute atomic E-state index is 14.0. The molecule has 0 spiro atoms. The molecule has 2 N–H and O–H groups in total. The van der Waals surface area contributed by atoms with Gasteiger partial charge in [-0.3, -0.25) is 14.3 Å². The van der Waals surface area contributed by atoms with Gasteiger partial charge < -0.3 is 14.6 Å². The number of H-pyrrole nitrogens is 1. The zero-order valence-corrected chi connectivity index (χ0v) is 9.58. The summed E-state index contributed by atoms with van der Waals surface area (Å²) in [6, 6.07) is 1.09. The van der Waals surface area contributed by atoms with E-state index in [4.69, 9.17) is 14.6 Å². The van der Waals surface area contributed by atoms with Crippen LogP contribution in [-0.4, -0.2) is 46.8 Å². The molecule has 7 nitrogen and oxygen atoms in total. The highest BCUT2D eigenvalue weighted by Crippen LogP contribution is 2.32. The molecular weight excluding hydrogens is 247 g/mol. The summed E-state index contributed by atoms with van der Waals surface area (Å²) in [4.78, 5) is 24.4. The lowest BCUT2D eigenvalue weighted by atomic mass is 10.1. The molecule has 1 fully saturated rings. The first-order valence-electron chi connectivity index (χ1n) is 5.33. The summed E-state index contributed by atoms with van der Waals surface area (Å²) in [5.41, 5.74) is -1.35. The van der Waals surface area contributed by atoms with Crippen LogP contribution in [0.3, 0.4) is 0 Å². The average Bonchev–Trinajstić information content (AvgIpc) is 2.66. The van der Waals surface area contributed by atoms with Crippen molar-refractivity contribution >= 4 is 0 Å². The quantitative estimate of drug-likeness (QED) is 0.710. The molecule has 1 aromatic heterocycles. The van der Waals surface area contributed by atoms with E-state index in [1.807, 2.05) is 4.98 Å². The second-order valence-electron chi connectivity index (χ2n) is 3.91. The van der Waals surface area contributed by atoms with E-state index in [1.54, 1.807) is 0 Å². The van der Waals surface area contributed by atoms with Crippen LogP contribution in [0, 0.1) is 0 Å². The summed E-state index contributed by atoms with van der Waals surface area (Å²) in [5.74, 6) is 0. The largest absolute Gasteiger partial charge is 0.394 e. The number of aliphatic hydroxyl groups is 1. The SMILES string of the molecule is COC1C(CO)OC(n2ccc(=O)[nH]c2=O)C1F. The molecule has 0 saturated carbocycles. The predicted octanol–water partition coefficient (Wildman–Crippen LogP) is -1.22. The van der Waals surface area contributed by atoms with Crippen LogP contribution in [0.15, 0.2) is 21.9 Å². The average molecular weight is 260 g/mol. The first-order chi connectivity index (χ1) is 8.58. The maximum Gasteiger partial charge on any atom is 0.330 e. The normalized spacial score (nSPS) is 31.7. The first kappa shape index (κ1) is 12.9. The Morgan fingerprint density at radius 2 is 2.33 bits per heavy atom. The minimum Gasteiger partial charge on any atom is -0.394 e. The molecule has 1 aliphatic heterocycles. The van der Waals surface area contributed by atoms with E-state index >= 15 is 0 Å². The number of nitrogens with zero attached hydrogens (tertiary/aromatic N) is 1. The molecule has 0 radical (unpaired) electrons. The van der Waals surface area contributed by atoms with E-state index in [-0.39, 0.29) is 0 Å². The summed E-state index contributed by atoms with van der Waals surface area (Å²) in [6.45, 7) is -0.423. The summed E-state index contributed by atoms with van der Waals surface area (Å²) >= 11 is 0. The third-order valence-corrected chi connectivity index (χ3v) is 2.84.